The second kappa shape index (κ2) is 5.09. The van der Waals surface area contributed by atoms with E-state index in [4.69, 9.17) is 10.5 Å². The van der Waals surface area contributed by atoms with Crippen LogP contribution < -0.4 is 5.73 Å². The molecule has 4 unspecified atom stereocenters. The first-order chi connectivity index (χ1) is 10.4. The summed E-state index contributed by atoms with van der Waals surface area (Å²) < 4.78 is 21.3. The van der Waals surface area contributed by atoms with Crippen LogP contribution in [0.1, 0.15) is 25.1 Å². The molecule has 3 heterocycles. The minimum absolute atomic E-state index is 0.0428. The van der Waals surface area contributed by atoms with Crippen molar-refractivity contribution in [2.45, 2.75) is 43.7 Å². The molecule has 4 atom stereocenters. The summed E-state index contributed by atoms with van der Waals surface area (Å²) in [6.07, 6.45) is -1.03. The number of fused-ring (bicyclic) bond motifs is 1. The summed E-state index contributed by atoms with van der Waals surface area (Å²) in [4.78, 5) is 8.66. The van der Waals surface area contributed by atoms with Crippen LogP contribution in [0.5, 0.6) is 0 Å². The topological polar surface area (TPSA) is 101 Å². The fourth-order valence-corrected chi connectivity index (χ4v) is 4.37. The molecule has 6 nitrogen and oxygen atoms in total. The molecular weight excluding hydrogens is 309 g/mol. The Hall–Kier alpha value is -1.35. The number of nitrogen functional groups attached to an aromatic ring is 1. The molecule has 2 aromatic heterocycles. The van der Waals surface area contributed by atoms with Crippen molar-refractivity contribution in [2.24, 2.45) is 0 Å². The van der Waals surface area contributed by atoms with Crippen LogP contribution in [-0.2, 0) is 10.3 Å². The fourth-order valence-electron chi connectivity index (χ4n) is 3.19. The van der Waals surface area contributed by atoms with Crippen LogP contribution in [0.2, 0.25) is 0 Å². The number of halogens is 1. The van der Waals surface area contributed by atoms with E-state index in [1.54, 1.807) is 19.2 Å². The Bertz CT molecular complexity index is 712. The minimum atomic E-state index is -2.03. The number of hydrogen-bond acceptors (Lipinski definition) is 7. The maximum atomic E-state index is 15.6. The van der Waals surface area contributed by atoms with Gasteiger partial charge in [0.05, 0.1) is 22.4 Å². The Kier molecular flexibility index (Phi) is 3.59. The first-order valence-electron chi connectivity index (χ1n) is 7.02. The summed E-state index contributed by atoms with van der Waals surface area (Å²) in [5.74, 6) is 0.314. The number of aliphatic hydroxyl groups excluding tert-OH is 2. The molecule has 0 radical (unpaired) electrons. The van der Waals surface area contributed by atoms with Gasteiger partial charge in [0.2, 0.25) is 0 Å². The zero-order valence-corrected chi connectivity index (χ0v) is 13.1. The molecule has 0 aromatic carbocycles. The number of aliphatic hydroxyl groups is 2. The summed E-state index contributed by atoms with van der Waals surface area (Å²) in [5.41, 5.74) is 2.89. The van der Waals surface area contributed by atoms with Gasteiger partial charge in [0, 0.05) is 5.38 Å². The van der Waals surface area contributed by atoms with Gasteiger partial charge in [0.15, 0.2) is 5.67 Å². The molecule has 0 bridgehead atoms. The van der Waals surface area contributed by atoms with Crippen molar-refractivity contribution in [2.75, 3.05) is 12.3 Å². The number of nitrogens with two attached hydrogens (primary N) is 1. The Morgan fingerprint density at radius 3 is 2.86 bits per heavy atom. The Morgan fingerprint density at radius 1 is 1.50 bits per heavy atom. The molecule has 3 rings (SSSR count). The third-order valence-corrected chi connectivity index (χ3v) is 5.73. The van der Waals surface area contributed by atoms with Gasteiger partial charge in [0.25, 0.3) is 0 Å². The summed E-state index contributed by atoms with van der Waals surface area (Å²) in [7, 11) is 0. The van der Waals surface area contributed by atoms with E-state index in [9.17, 15) is 10.2 Å². The smallest absolute Gasteiger partial charge is 0.172 e. The highest BCUT2D eigenvalue weighted by atomic mass is 32.1. The molecule has 1 aliphatic heterocycles. The SMILES string of the molecule is CCC1(F)C(O)C(CO)OC1(C)c1scc2c(N)ncnc12. The number of aromatic nitrogens is 2. The molecule has 8 heteroatoms. The summed E-state index contributed by atoms with van der Waals surface area (Å²) >= 11 is 1.27. The first kappa shape index (κ1) is 15.5. The second-order valence-corrected chi connectivity index (χ2v) is 6.50. The van der Waals surface area contributed by atoms with Crippen LogP contribution >= 0.6 is 11.3 Å². The van der Waals surface area contributed by atoms with Crippen molar-refractivity contribution in [3.63, 3.8) is 0 Å². The molecular formula is C14H18FN3O3S. The van der Waals surface area contributed by atoms with Gasteiger partial charge in [-0.1, -0.05) is 6.92 Å². The maximum absolute atomic E-state index is 15.6. The average Bonchev–Trinajstić information content (AvgIpc) is 3.03. The van der Waals surface area contributed by atoms with Crippen molar-refractivity contribution in [3.05, 3.63) is 16.6 Å². The van der Waals surface area contributed by atoms with Crippen LogP contribution in [0.25, 0.3) is 10.9 Å². The number of anilines is 1. The molecule has 120 valence electrons. The van der Waals surface area contributed by atoms with Crippen molar-refractivity contribution in [1.82, 2.24) is 9.97 Å². The van der Waals surface area contributed by atoms with Crippen molar-refractivity contribution >= 4 is 28.1 Å². The fraction of sp³-hybridized carbons (Fsp3) is 0.571. The minimum Gasteiger partial charge on any atom is -0.394 e. The lowest BCUT2D eigenvalue weighted by Crippen LogP contribution is -2.49. The molecule has 0 saturated carbocycles. The van der Waals surface area contributed by atoms with Gasteiger partial charge in [-0.2, -0.15) is 0 Å². The molecule has 22 heavy (non-hydrogen) atoms. The Morgan fingerprint density at radius 2 is 2.23 bits per heavy atom. The molecule has 4 N–H and O–H groups in total. The van der Waals surface area contributed by atoms with Crippen LogP contribution in [0.15, 0.2) is 11.7 Å². The number of hydrogen-bond donors (Lipinski definition) is 3. The lowest BCUT2D eigenvalue weighted by atomic mass is 9.79. The van der Waals surface area contributed by atoms with Gasteiger partial charge in [-0.3, -0.25) is 0 Å². The normalized spacial score (nSPS) is 35.3. The van der Waals surface area contributed by atoms with E-state index in [-0.39, 0.29) is 6.42 Å². The molecule has 0 spiro atoms. The van der Waals surface area contributed by atoms with Crippen LogP contribution in [0, 0.1) is 0 Å². The number of ether oxygens (including phenoxy) is 1. The highest BCUT2D eigenvalue weighted by molar-refractivity contribution is 7.11. The quantitative estimate of drug-likeness (QED) is 0.787. The molecule has 1 fully saturated rings. The van der Waals surface area contributed by atoms with Gasteiger partial charge in [-0.15, -0.1) is 11.3 Å². The van der Waals surface area contributed by atoms with Crippen LogP contribution in [0.4, 0.5) is 10.2 Å². The van der Waals surface area contributed by atoms with Crippen molar-refractivity contribution in [1.29, 1.82) is 0 Å². The molecule has 1 saturated heterocycles. The zero-order chi connectivity index (χ0) is 16.1. The van der Waals surface area contributed by atoms with Crippen molar-refractivity contribution in [3.8, 4) is 0 Å². The number of thiophene rings is 1. The highest BCUT2D eigenvalue weighted by Crippen LogP contribution is 2.54. The van der Waals surface area contributed by atoms with Gasteiger partial charge in [-0.05, 0) is 13.3 Å². The van der Waals surface area contributed by atoms with Crippen molar-refractivity contribution < 1.29 is 19.3 Å². The van der Waals surface area contributed by atoms with Crippen LogP contribution in [-0.4, -0.2) is 44.7 Å². The molecule has 1 aliphatic rings. The monoisotopic (exact) mass is 327 g/mol. The van der Waals surface area contributed by atoms with E-state index in [2.05, 4.69) is 9.97 Å². The maximum Gasteiger partial charge on any atom is 0.172 e. The molecule has 0 amide bonds. The predicted octanol–water partition coefficient (Wildman–Crippen LogP) is 1.36. The lowest BCUT2D eigenvalue weighted by molar-refractivity contribution is -0.0996. The van der Waals surface area contributed by atoms with E-state index in [0.29, 0.717) is 21.6 Å². The third-order valence-electron chi connectivity index (χ3n) is 4.55. The van der Waals surface area contributed by atoms with E-state index < -0.39 is 30.1 Å². The van der Waals surface area contributed by atoms with Gasteiger partial charge in [-0.25, -0.2) is 14.4 Å². The molecule has 2 aromatic rings. The van der Waals surface area contributed by atoms with E-state index >= 15 is 4.39 Å². The summed E-state index contributed by atoms with van der Waals surface area (Å²) in [5, 5.41) is 22.0. The van der Waals surface area contributed by atoms with Gasteiger partial charge < -0.3 is 20.7 Å². The second-order valence-electron chi connectivity index (χ2n) is 5.62. The van der Waals surface area contributed by atoms with E-state index in [1.165, 1.54) is 17.7 Å². The number of alkyl halides is 1. The highest BCUT2D eigenvalue weighted by Gasteiger charge is 2.65. The van der Waals surface area contributed by atoms with Gasteiger partial charge in [0.1, 0.15) is 30.0 Å². The first-order valence-corrected chi connectivity index (χ1v) is 7.90. The lowest BCUT2D eigenvalue weighted by Gasteiger charge is -2.35. The Balaban J connectivity index is 2.21. The third kappa shape index (κ3) is 1.81. The molecule has 0 aliphatic carbocycles. The van der Waals surface area contributed by atoms with Crippen LogP contribution in [0.3, 0.4) is 0 Å². The average molecular weight is 327 g/mol. The Labute approximate surface area is 130 Å². The van der Waals surface area contributed by atoms with E-state index in [0.717, 1.165) is 0 Å². The summed E-state index contributed by atoms with van der Waals surface area (Å²) in [6.45, 7) is 2.77. The standard InChI is InChI=1S/C14H18FN3O3S/c1-3-14(15)10(20)8(4-19)21-13(14,2)11-9-7(5-22-11)12(16)18-6-17-9/h5-6,8,10,19-20H,3-4H2,1-2H3,(H2,16,17,18). The largest absolute Gasteiger partial charge is 0.394 e. The predicted molar refractivity (Wildman–Crippen MR) is 81.3 cm³/mol. The summed E-state index contributed by atoms with van der Waals surface area (Å²) in [6, 6.07) is 0. The number of rotatable bonds is 3. The van der Waals surface area contributed by atoms with E-state index in [1.807, 2.05) is 0 Å². The van der Waals surface area contributed by atoms with Gasteiger partial charge >= 0.3 is 0 Å². The number of nitrogens with zero attached hydrogens (tertiary/aromatic N) is 2. The zero-order valence-electron chi connectivity index (χ0n) is 12.3.